The largest absolute Gasteiger partial charge is 0.347 e. The molecule has 2 heterocycles. The van der Waals surface area contributed by atoms with Gasteiger partial charge in [0.2, 0.25) is 17.6 Å². The van der Waals surface area contributed by atoms with E-state index in [1.165, 1.54) is 23.5 Å². The lowest BCUT2D eigenvalue weighted by Crippen LogP contribution is -2.24. The van der Waals surface area contributed by atoms with Crippen LogP contribution in [0.2, 0.25) is 0 Å². The van der Waals surface area contributed by atoms with Crippen LogP contribution in [0.5, 0.6) is 0 Å². The summed E-state index contributed by atoms with van der Waals surface area (Å²) in [4.78, 5) is 20.9. The van der Waals surface area contributed by atoms with Crippen LogP contribution in [0.1, 0.15) is 11.6 Å². The van der Waals surface area contributed by atoms with Gasteiger partial charge < -0.3 is 9.84 Å². The monoisotopic (exact) mass is 394 g/mol. The highest BCUT2D eigenvalue weighted by Crippen LogP contribution is 2.23. The summed E-state index contributed by atoms with van der Waals surface area (Å²) >= 11 is 1.50. The van der Waals surface area contributed by atoms with E-state index in [1.807, 2.05) is 35.7 Å². The van der Waals surface area contributed by atoms with Crippen LogP contribution < -0.4 is 5.32 Å². The maximum absolute atomic E-state index is 13.0. The molecule has 0 saturated carbocycles. The van der Waals surface area contributed by atoms with Crippen LogP contribution >= 0.6 is 11.3 Å². The van der Waals surface area contributed by atoms with Crippen LogP contribution in [-0.2, 0) is 17.8 Å². The average Bonchev–Trinajstić information content (AvgIpc) is 3.37. The van der Waals surface area contributed by atoms with Gasteiger partial charge in [-0.2, -0.15) is 4.98 Å². The maximum Gasteiger partial charge on any atom is 0.246 e. The van der Waals surface area contributed by atoms with Gasteiger partial charge in [-0.1, -0.05) is 35.5 Å². The van der Waals surface area contributed by atoms with Gasteiger partial charge in [0.05, 0.1) is 18.7 Å². The Labute approximate surface area is 164 Å². The Hall–Kier alpha value is -3.39. The highest BCUT2D eigenvalue weighted by Gasteiger charge is 2.12. The smallest absolute Gasteiger partial charge is 0.246 e. The van der Waals surface area contributed by atoms with Gasteiger partial charge in [-0.25, -0.2) is 9.37 Å². The van der Waals surface area contributed by atoms with Crippen molar-refractivity contribution in [3.8, 4) is 22.0 Å². The number of nitrogens with one attached hydrogen (secondary N) is 1. The molecule has 0 saturated heterocycles. The topological polar surface area (TPSA) is 80.9 Å². The molecular weight excluding hydrogens is 379 g/mol. The average molecular weight is 394 g/mol. The van der Waals surface area contributed by atoms with E-state index in [2.05, 4.69) is 20.4 Å². The van der Waals surface area contributed by atoms with Crippen LogP contribution in [0, 0.1) is 5.82 Å². The molecule has 8 heteroatoms. The third kappa shape index (κ3) is 4.29. The van der Waals surface area contributed by atoms with Crippen LogP contribution in [0.4, 0.5) is 4.39 Å². The summed E-state index contributed by atoms with van der Waals surface area (Å²) in [6.07, 6.45) is 0.169. The molecule has 6 nitrogen and oxygen atoms in total. The maximum atomic E-state index is 13.0. The number of nitrogens with zero attached hydrogens (tertiary/aromatic N) is 3. The fourth-order valence-corrected chi connectivity index (χ4v) is 3.37. The Morgan fingerprint density at radius 1 is 1.04 bits per heavy atom. The van der Waals surface area contributed by atoms with Gasteiger partial charge in [0, 0.05) is 16.5 Å². The third-order valence-electron chi connectivity index (χ3n) is 3.92. The van der Waals surface area contributed by atoms with Gasteiger partial charge >= 0.3 is 0 Å². The Morgan fingerprint density at radius 2 is 1.82 bits per heavy atom. The summed E-state index contributed by atoms with van der Waals surface area (Å²) < 4.78 is 18.1. The minimum absolute atomic E-state index is 0.114. The van der Waals surface area contributed by atoms with Crippen molar-refractivity contribution in [2.45, 2.75) is 13.0 Å². The molecule has 2 aromatic heterocycles. The fraction of sp³-hybridized carbons (Fsp3) is 0.100. The molecular formula is C20H15FN4O2S. The first kappa shape index (κ1) is 18.0. The molecule has 140 valence electrons. The van der Waals surface area contributed by atoms with Gasteiger partial charge in [0.25, 0.3) is 0 Å². The van der Waals surface area contributed by atoms with Crippen LogP contribution in [-0.4, -0.2) is 21.0 Å². The van der Waals surface area contributed by atoms with Crippen molar-refractivity contribution < 1.29 is 13.7 Å². The van der Waals surface area contributed by atoms with Crippen molar-refractivity contribution in [1.29, 1.82) is 0 Å². The molecule has 4 rings (SSSR count). The Balaban J connectivity index is 1.33. The molecule has 28 heavy (non-hydrogen) atoms. The number of carbonyl (C=O) groups is 1. The zero-order valence-corrected chi connectivity index (χ0v) is 15.4. The quantitative estimate of drug-likeness (QED) is 0.537. The summed E-state index contributed by atoms with van der Waals surface area (Å²) in [5.41, 5.74) is 2.37. The zero-order valence-electron chi connectivity index (χ0n) is 14.6. The summed E-state index contributed by atoms with van der Waals surface area (Å²) in [5.74, 6) is 0.0933. The molecule has 0 aliphatic carbocycles. The van der Waals surface area contributed by atoms with E-state index in [-0.39, 0.29) is 30.6 Å². The highest BCUT2D eigenvalue weighted by atomic mass is 32.1. The molecule has 0 aliphatic rings. The first-order chi connectivity index (χ1) is 13.7. The Bertz CT molecular complexity index is 1080. The van der Waals surface area contributed by atoms with E-state index in [4.69, 9.17) is 4.52 Å². The lowest BCUT2D eigenvalue weighted by molar-refractivity contribution is -0.120. The van der Waals surface area contributed by atoms with E-state index in [9.17, 15) is 9.18 Å². The first-order valence-corrected chi connectivity index (χ1v) is 9.40. The predicted octanol–water partition coefficient (Wildman–Crippen LogP) is 3.86. The number of halogens is 1. The highest BCUT2D eigenvalue weighted by molar-refractivity contribution is 7.13. The zero-order chi connectivity index (χ0) is 19.3. The Morgan fingerprint density at radius 3 is 2.61 bits per heavy atom. The second-order valence-corrected chi connectivity index (χ2v) is 6.84. The molecule has 1 amide bonds. The number of thiazole rings is 1. The van der Waals surface area contributed by atoms with E-state index >= 15 is 0 Å². The molecule has 0 unspecified atom stereocenters. The molecule has 0 atom stereocenters. The third-order valence-corrected chi connectivity index (χ3v) is 4.86. The number of hydrogen-bond donors (Lipinski definition) is 1. The van der Waals surface area contributed by atoms with Crippen molar-refractivity contribution in [3.05, 3.63) is 77.4 Å². The second kappa shape index (κ2) is 8.10. The lowest BCUT2D eigenvalue weighted by Gasteiger charge is -2.00. The molecule has 0 aliphatic heterocycles. The first-order valence-electron chi connectivity index (χ1n) is 8.52. The Kier molecular flexibility index (Phi) is 5.20. The van der Waals surface area contributed by atoms with Gasteiger partial charge in [0.1, 0.15) is 10.8 Å². The number of rotatable bonds is 6. The van der Waals surface area contributed by atoms with E-state index in [0.717, 1.165) is 10.6 Å². The summed E-state index contributed by atoms with van der Waals surface area (Å²) in [5, 5.41) is 9.34. The van der Waals surface area contributed by atoms with Crippen molar-refractivity contribution in [1.82, 2.24) is 20.4 Å². The van der Waals surface area contributed by atoms with Crippen molar-refractivity contribution in [3.63, 3.8) is 0 Å². The van der Waals surface area contributed by atoms with Gasteiger partial charge in [-0.15, -0.1) is 11.3 Å². The molecule has 4 aromatic rings. The number of hydrogen-bond acceptors (Lipinski definition) is 6. The fourth-order valence-electron chi connectivity index (χ4n) is 2.55. The number of carbonyl (C=O) groups excluding carboxylic acids is 1. The molecule has 2 aromatic carbocycles. The minimum Gasteiger partial charge on any atom is -0.347 e. The number of amides is 1. The van der Waals surface area contributed by atoms with Crippen molar-refractivity contribution in [2.24, 2.45) is 0 Å². The van der Waals surface area contributed by atoms with E-state index < -0.39 is 0 Å². The van der Waals surface area contributed by atoms with E-state index in [1.54, 1.807) is 12.1 Å². The predicted molar refractivity (Wildman–Crippen MR) is 103 cm³/mol. The molecule has 1 N–H and O–H groups in total. The van der Waals surface area contributed by atoms with Gasteiger partial charge in [0.15, 0.2) is 0 Å². The van der Waals surface area contributed by atoms with Crippen LogP contribution in [0.25, 0.3) is 22.0 Å². The summed E-state index contributed by atoms with van der Waals surface area (Å²) in [6.45, 7) is 0.114. The van der Waals surface area contributed by atoms with Crippen molar-refractivity contribution >= 4 is 17.2 Å². The molecule has 0 bridgehead atoms. The number of benzene rings is 2. The normalized spacial score (nSPS) is 10.8. The number of aromatic nitrogens is 3. The summed E-state index contributed by atoms with van der Waals surface area (Å²) in [6, 6.07) is 15.6. The molecule has 0 spiro atoms. The lowest BCUT2D eigenvalue weighted by atomic mass is 10.2. The molecule has 0 radical (unpaired) electrons. The van der Waals surface area contributed by atoms with Crippen LogP contribution in [0.3, 0.4) is 0 Å². The van der Waals surface area contributed by atoms with Gasteiger partial charge in [-0.05, 0) is 24.3 Å². The molecule has 0 fully saturated rings. The van der Waals surface area contributed by atoms with Crippen molar-refractivity contribution in [2.75, 3.05) is 0 Å². The summed E-state index contributed by atoms with van der Waals surface area (Å²) in [7, 11) is 0. The van der Waals surface area contributed by atoms with Crippen LogP contribution in [0.15, 0.2) is 64.5 Å². The van der Waals surface area contributed by atoms with Gasteiger partial charge in [-0.3, -0.25) is 4.79 Å². The standard InChI is InChI=1S/C20H15FN4O2S/c21-15-8-6-13(7-9-15)19-24-18(27-25-19)11-22-17(26)10-16-12-28-20(23-16)14-4-2-1-3-5-14/h1-9,12H,10-11H2,(H,22,26). The second-order valence-electron chi connectivity index (χ2n) is 5.98. The minimum atomic E-state index is -0.336. The van der Waals surface area contributed by atoms with E-state index in [0.29, 0.717) is 17.1 Å². The SMILES string of the molecule is O=C(Cc1csc(-c2ccccc2)n1)NCc1nc(-c2ccc(F)cc2)no1.